The van der Waals surface area contributed by atoms with Crippen LogP contribution < -0.4 is 0 Å². The van der Waals surface area contributed by atoms with Gasteiger partial charge in [0.2, 0.25) is 0 Å². The number of aliphatic hydroxyl groups excluding tert-OH is 3. The molecule has 0 aromatic carbocycles. The zero-order valence-corrected chi connectivity index (χ0v) is 9.03. The van der Waals surface area contributed by atoms with E-state index >= 15 is 0 Å². The molecule has 1 aliphatic rings. The first-order valence-electron chi connectivity index (χ1n) is 4.79. The maximum atomic E-state index is 10.4. The van der Waals surface area contributed by atoms with Gasteiger partial charge in [-0.25, -0.2) is 0 Å². The second-order valence-electron chi connectivity index (χ2n) is 2.81. The van der Waals surface area contributed by atoms with Crippen LogP contribution in [0.25, 0.3) is 0 Å². The van der Waals surface area contributed by atoms with Crippen LogP contribution in [0.3, 0.4) is 0 Å². The Morgan fingerprint density at radius 2 is 1.67 bits per heavy atom. The molecular weight excluding hydrogens is 204 g/mol. The summed E-state index contributed by atoms with van der Waals surface area (Å²) in [5, 5.41) is 27.7. The van der Waals surface area contributed by atoms with Gasteiger partial charge in [0.05, 0.1) is 0 Å². The zero-order valence-electron chi connectivity index (χ0n) is 9.03. The minimum absolute atomic E-state index is 0.353. The lowest BCUT2D eigenvalue weighted by Gasteiger charge is -2.37. The first kappa shape index (κ1) is 14.5. The van der Waals surface area contributed by atoms with Gasteiger partial charge in [0.1, 0.15) is 24.4 Å². The zero-order chi connectivity index (χ0) is 12.0. The Bertz CT molecular complexity index is 183. The summed E-state index contributed by atoms with van der Waals surface area (Å²) < 4.78 is 9.48. The SMILES string of the molecule is CC.COC1OC(C=O)C(O)C(O)C1O. The van der Waals surface area contributed by atoms with Crippen molar-refractivity contribution in [2.24, 2.45) is 0 Å². The lowest BCUT2D eigenvalue weighted by atomic mass is 10.00. The number of ether oxygens (including phenoxy) is 2. The van der Waals surface area contributed by atoms with Gasteiger partial charge >= 0.3 is 0 Å². The highest BCUT2D eigenvalue weighted by Gasteiger charge is 2.43. The lowest BCUT2D eigenvalue weighted by molar-refractivity contribution is -0.280. The quantitative estimate of drug-likeness (QED) is 0.501. The van der Waals surface area contributed by atoms with Crippen LogP contribution in [0.2, 0.25) is 0 Å². The summed E-state index contributed by atoms with van der Waals surface area (Å²) in [5.41, 5.74) is 0. The molecule has 0 saturated carbocycles. The Morgan fingerprint density at radius 3 is 2.07 bits per heavy atom. The van der Waals surface area contributed by atoms with Gasteiger partial charge < -0.3 is 29.6 Å². The Morgan fingerprint density at radius 1 is 1.13 bits per heavy atom. The molecule has 0 aromatic heterocycles. The number of methoxy groups -OCH3 is 1. The maximum absolute atomic E-state index is 10.4. The molecule has 0 amide bonds. The molecule has 0 aliphatic carbocycles. The van der Waals surface area contributed by atoms with Crippen LogP contribution in [0, 0.1) is 0 Å². The highest BCUT2D eigenvalue weighted by atomic mass is 16.7. The molecule has 6 nitrogen and oxygen atoms in total. The predicted molar refractivity (Wildman–Crippen MR) is 51.1 cm³/mol. The van der Waals surface area contributed by atoms with Gasteiger partial charge in [0.15, 0.2) is 12.6 Å². The van der Waals surface area contributed by atoms with Crippen molar-refractivity contribution < 1.29 is 29.6 Å². The topological polar surface area (TPSA) is 96.2 Å². The molecular formula is C9H18O6. The third-order valence-corrected chi connectivity index (χ3v) is 1.97. The molecule has 1 heterocycles. The lowest BCUT2D eigenvalue weighted by Crippen LogP contribution is -2.58. The van der Waals surface area contributed by atoms with E-state index in [1.54, 1.807) is 0 Å². The minimum Gasteiger partial charge on any atom is -0.387 e. The fourth-order valence-electron chi connectivity index (χ4n) is 1.18. The van der Waals surface area contributed by atoms with E-state index in [0.717, 1.165) is 0 Å². The van der Waals surface area contributed by atoms with E-state index in [2.05, 4.69) is 4.74 Å². The predicted octanol–water partition coefficient (Wildman–Crippen LogP) is -1.33. The minimum atomic E-state index is -1.44. The standard InChI is InChI=1S/C7H12O6.C2H6/c1-12-7-6(11)5(10)4(9)3(2-8)13-7;1-2/h2-7,9-11H,1H3;1-2H3. The van der Waals surface area contributed by atoms with E-state index in [1.807, 2.05) is 13.8 Å². The molecule has 3 N–H and O–H groups in total. The summed E-state index contributed by atoms with van der Waals surface area (Å²) in [6, 6.07) is 0. The fraction of sp³-hybridized carbons (Fsp3) is 0.889. The van der Waals surface area contributed by atoms with E-state index in [4.69, 9.17) is 4.74 Å². The molecule has 1 fully saturated rings. The number of rotatable bonds is 2. The number of carbonyl (C=O) groups is 1. The molecule has 1 saturated heterocycles. The van der Waals surface area contributed by atoms with Crippen LogP contribution in [0.5, 0.6) is 0 Å². The molecule has 1 aliphatic heterocycles. The van der Waals surface area contributed by atoms with Crippen molar-refractivity contribution in [3.63, 3.8) is 0 Å². The fourth-order valence-corrected chi connectivity index (χ4v) is 1.18. The van der Waals surface area contributed by atoms with E-state index in [1.165, 1.54) is 7.11 Å². The molecule has 0 spiro atoms. The normalized spacial score (nSPS) is 40.3. The van der Waals surface area contributed by atoms with E-state index < -0.39 is 30.7 Å². The Kier molecular flexibility index (Phi) is 6.62. The van der Waals surface area contributed by atoms with Crippen LogP contribution in [0.15, 0.2) is 0 Å². The van der Waals surface area contributed by atoms with Crippen LogP contribution in [0.4, 0.5) is 0 Å². The number of aldehydes is 1. The van der Waals surface area contributed by atoms with Gasteiger partial charge in [-0.1, -0.05) is 13.8 Å². The second-order valence-corrected chi connectivity index (χ2v) is 2.81. The van der Waals surface area contributed by atoms with Gasteiger partial charge in [0, 0.05) is 7.11 Å². The Balaban J connectivity index is 0.000000921. The highest BCUT2D eigenvalue weighted by Crippen LogP contribution is 2.20. The van der Waals surface area contributed by atoms with Gasteiger partial charge in [-0.2, -0.15) is 0 Å². The first-order valence-corrected chi connectivity index (χ1v) is 4.79. The van der Waals surface area contributed by atoms with Crippen LogP contribution in [-0.4, -0.2) is 59.4 Å². The molecule has 1 rings (SSSR count). The molecule has 6 heteroatoms. The van der Waals surface area contributed by atoms with Gasteiger partial charge in [-0.15, -0.1) is 0 Å². The van der Waals surface area contributed by atoms with Gasteiger partial charge in [-0.05, 0) is 0 Å². The van der Waals surface area contributed by atoms with Crippen molar-refractivity contribution >= 4 is 6.29 Å². The highest BCUT2D eigenvalue weighted by molar-refractivity contribution is 5.57. The van der Waals surface area contributed by atoms with E-state index in [-0.39, 0.29) is 0 Å². The van der Waals surface area contributed by atoms with E-state index in [0.29, 0.717) is 6.29 Å². The number of aliphatic hydroxyl groups is 3. The smallest absolute Gasteiger partial charge is 0.186 e. The molecule has 0 radical (unpaired) electrons. The third kappa shape index (κ3) is 3.22. The van der Waals surface area contributed by atoms with Crippen molar-refractivity contribution in [3.8, 4) is 0 Å². The van der Waals surface area contributed by atoms with Crippen molar-refractivity contribution in [1.82, 2.24) is 0 Å². The molecule has 5 unspecified atom stereocenters. The summed E-state index contributed by atoms with van der Waals surface area (Å²) in [5.74, 6) is 0. The molecule has 15 heavy (non-hydrogen) atoms. The summed E-state index contributed by atoms with van der Waals surface area (Å²) in [6.45, 7) is 4.00. The number of hydrogen-bond donors (Lipinski definition) is 3. The summed E-state index contributed by atoms with van der Waals surface area (Å²) in [4.78, 5) is 10.4. The van der Waals surface area contributed by atoms with Gasteiger partial charge in [-0.3, -0.25) is 0 Å². The Hall–Kier alpha value is -0.530. The van der Waals surface area contributed by atoms with Crippen LogP contribution >= 0.6 is 0 Å². The average Bonchev–Trinajstić information content (AvgIpc) is 2.29. The summed E-state index contributed by atoms with van der Waals surface area (Å²) >= 11 is 0. The number of carbonyl (C=O) groups excluding carboxylic acids is 1. The largest absolute Gasteiger partial charge is 0.387 e. The van der Waals surface area contributed by atoms with E-state index in [9.17, 15) is 20.1 Å². The van der Waals surface area contributed by atoms with Crippen molar-refractivity contribution in [3.05, 3.63) is 0 Å². The molecule has 90 valence electrons. The van der Waals surface area contributed by atoms with Crippen LogP contribution in [0.1, 0.15) is 13.8 Å². The van der Waals surface area contributed by atoms with Crippen molar-refractivity contribution in [1.29, 1.82) is 0 Å². The third-order valence-electron chi connectivity index (χ3n) is 1.97. The maximum Gasteiger partial charge on any atom is 0.186 e. The van der Waals surface area contributed by atoms with Crippen molar-refractivity contribution in [2.45, 2.75) is 44.6 Å². The van der Waals surface area contributed by atoms with Crippen LogP contribution in [-0.2, 0) is 14.3 Å². The second kappa shape index (κ2) is 6.86. The summed E-state index contributed by atoms with van der Waals surface area (Å²) in [7, 11) is 1.26. The van der Waals surface area contributed by atoms with Gasteiger partial charge in [0.25, 0.3) is 0 Å². The number of hydrogen-bond acceptors (Lipinski definition) is 6. The Labute approximate surface area is 88.4 Å². The average molecular weight is 222 g/mol. The van der Waals surface area contributed by atoms with Crippen molar-refractivity contribution in [2.75, 3.05) is 7.11 Å². The monoisotopic (exact) mass is 222 g/mol. The molecule has 0 bridgehead atoms. The summed E-state index contributed by atoms with van der Waals surface area (Å²) in [6.07, 6.45) is -6.10. The molecule has 0 aromatic rings. The molecule has 5 atom stereocenters. The first-order chi connectivity index (χ1) is 7.11.